The van der Waals surface area contributed by atoms with E-state index in [4.69, 9.17) is 22.7 Å². The van der Waals surface area contributed by atoms with Gasteiger partial charge in [0.1, 0.15) is 5.00 Å². The van der Waals surface area contributed by atoms with E-state index in [1.807, 2.05) is 0 Å². The number of carbonyl (C=O) groups is 2. The van der Waals surface area contributed by atoms with Crippen LogP contribution < -0.4 is 16.4 Å². The quantitative estimate of drug-likeness (QED) is 0.547. The molecule has 4 N–H and O–H groups in total. The van der Waals surface area contributed by atoms with Crippen molar-refractivity contribution in [3.8, 4) is 0 Å². The van der Waals surface area contributed by atoms with Gasteiger partial charge in [0.15, 0.2) is 10.8 Å². The van der Waals surface area contributed by atoms with Crippen molar-refractivity contribution < 1.29 is 14.3 Å². The van der Waals surface area contributed by atoms with Gasteiger partial charge in [0.25, 0.3) is 5.91 Å². The van der Waals surface area contributed by atoms with Gasteiger partial charge < -0.3 is 21.1 Å². The first-order valence-electron chi connectivity index (χ1n) is 7.55. The number of fused-ring (bicyclic) bond motifs is 1. The molecule has 0 aliphatic heterocycles. The van der Waals surface area contributed by atoms with Crippen molar-refractivity contribution in [2.45, 2.75) is 19.3 Å². The predicted molar refractivity (Wildman–Crippen MR) is 99.3 cm³/mol. The monoisotopic (exact) mass is 379 g/mol. The van der Waals surface area contributed by atoms with E-state index in [1.54, 1.807) is 13.2 Å². The number of nitrogens with zero attached hydrogens (tertiary/aromatic N) is 2. The SMILES string of the molecule is COC(=O)c1c(NC(=S)Nc2cn(C)nc2C(N)=O)sc2c1CCC2. The van der Waals surface area contributed by atoms with E-state index in [0.717, 1.165) is 24.8 Å². The summed E-state index contributed by atoms with van der Waals surface area (Å²) < 4.78 is 6.37. The number of hydrogen-bond acceptors (Lipinski definition) is 6. The molecule has 2 heterocycles. The number of aromatic nitrogens is 2. The number of carbonyl (C=O) groups excluding carboxylic acids is 2. The lowest BCUT2D eigenvalue weighted by Gasteiger charge is -2.10. The molecule has 0 saturated heterocycles. The summed E-state index contributed by atoms with van der Waals surface area (Å²) in [5.74, 6) is -1.04. The van der Waals surface area contributed by atoms with Crippen LogP contribution in [0.4, 0.5) is 10.7 Å². The summed E-state index contributed by atoms with van der Waals surface area (Å²) in [6.45, 7) is 0. The Labute approximate surface area is 153 Å². The summed E-state index contributed by atoms with van der Waals surface area (Å²) in [5.41, 5.74) is 7.36. The number of anilines is 2. The van der Waals surface area contributed by atoms with Gasteiger partial charge in [-0.25, -0.2) is 4.79 Å². The third kappa shape index (κ3) is 3.35. The van der Waals surface area contributed by atoms with Gasteiger partial charge >= 0.3 is 5.97 Å². The Hall–Kier alpha value is -2.46. The zero-order valence-electron chi connectivity index (χ0n) is 13.7. The molecule has 1 amide bonds. The maximum Gasteiger partial charge on any atom is 0.341 e. The highest BCUT2D eigenvalue weighted by Gasteiger charge is 2.27. The van der Waals surface area contributed by atoms with Gasteiger partial charge in [-0.1, -0.05) is 0 Å². The first-order chi connectivity index (χ1) is 11.9. The molecule has 0 atom stereocenters. The van der Waals surface area contributed by atoms with Crippen molar-refractivity contribution in [3.63, 3.8) is 0 Å². The van der Waals surface area contributed by atoms with E-state index in [-0.39, 0.29) is 16.8 Å². The van der Waals surface area contributed by atoms with Crippen LogP contribution in [0.25, 0.3) is 0 Å². The number of rotatable bonds is 4. The standard InChI is InChI=1S/C15H17N5O3S2/c1-20-6-8(11(19-20)12(16)21)17-15(24)18-13-10(14(22)23-2)7-4-3-5-9(7)25-13/h6H,3-5H2,1-2H3,(H2,16,21)(H2,17,18,24). The number of methoxy groups -OCH3 is 1. The predicted octanol–water partition coefficient (Wildman–Crippen LogP) is 1.66. The Morgan fingerprint density at radius 3 is 2.84 bits per heavy atom. The van der Waals surface area contributed by atoms with Gasteiger partial charge in [-0.2, -0.15) is 5.10 Å². The van der Waals surface area contributed by atoms with Crippen LogP contribution in [-0.4, -0.2) is 33.9 Å². The second-order valence-electron chi connectivity index (χ2n) is 5.56. The molecule has 25 heavy (non-hydrogen) atoms. The summed E-state index contributed by atoms with van der Waals surface area (Å²) in [6, 6.07) is 0. The highest BCUT2D eigenvalue weighted by molar-refractivity contribution is 7.80. The van der Waals surface area contributed by atoms with Crippen LogP contribution in [-0.2, 0) is 24.6 Å². The molecule has 0 spiro atoms. The molecule has 0 unspecified atom stereocenters. The molecule has 0 saturated carbocycles. The first kappa shape index (κ1) is 17.4. The van der Waals surface area contributed by atoms with Gasteiger partial charge in [-0.05, 0) is 37.0 Å². The van der Waals surface area contributed by atoms with Crippen LogP contribution in [0.3, 0.4) is 0 Å². The summed E-state index contributed by atoms with van der Waals surface area (Å²) in [6.07, 6.45) is 4.43. The van der Waals surface area contributed by atoms with Crippen LogP contribution in [0, 0.1) is 0 Å². The summed E-state index contributed by atoms with van der Waals surface area (Å²) >= 11 is 6.80. The lowest BCUT2D eigenvalue weighted by atomic mass is 10.1. The van der Waals surface area contributed by atoms with Gasteiger partial charge in [0.2, 0.25) is 0 Å². The third-order valence-electron chi connectivity index (χ3n) is 3.85. The average molecular weight is 379 g/mol. The van der Waals surface area contributed by atoms with Gasteiger partial charge in [0.05, 0.1) is 18.4 Å². The van der Waals surface area contributed by atoms with Gasteiger partial charge in [-0.3, -0.25) is 9.48 Å². The average Bonchev–Trinajstić information content (AvgIpc) is 3.20. The normalized spacial score (nSPS) is 12.6. The molecular formula is C15H17N5O3S2. The summed E-state index contributed by atoms with van der Waals surface area (Å²) in [4.78, 5) is 24.8. The van der Waals surface area contributed by atoms with Crippen molar-refractivity contribution in [2.75, 3.05) is 17.7 Å². The van der Waals surface area contributed by atoms with E-state index >= 15 is 0 Å². The number of nitrogens with two attached hydrogens (primary N) is 1. The largest absolute Gasteiger partial charge is 0.465 e. The molecule has 3 rings (SSSR count). The Bertz CT molecular complexity index is 871. The minimum absolute atomic E-state index is 0.0912. The van der Waals surface area contributed by atoms with Gasteiger partial charge in [-0.15, -0.1) is 11.3 Å². The van der Waals surface area contributed by atoms with E-state index in [0.29, 0.717) is 16.3 Å². The number of thiophene rings is 1. The Morgan fingerprint density at radius 1 is 1.40 bits per heavy atom. The molecular weight excluding hydrogens is 362 g/mol. The molecule has 1 aliphatic carbocycles. The lowest BCUT2D eigenvalue weighted by molar-refractivity contribution is 0.0601. The highest BCUT2D eigenvalue weighted by atomic mass is 32.1. The van der Waals surface area contributed by atoms with E-state index in [1.165, 1.54) is 28.0 Å². The molecule has 2 aromatic rings. The van der Waals surface area contributed by atoms with Crippen molar-refractivity contribution in [2.24, 2.45) is 12.8 Å². The number of thiocarbonyl (C=S) groups is 1. The fraction of sp³-hybridized carbons (Fsp3) is 0.333. The van der Waals surface area contributed by atoms with Crippen LogP contribution in [0.1, 0.15) is 37.7 Å². The number of amides is 1. The number of primary amides is 1. The van der Waals surface area contributed by atoms with Crippen molar-refractivity contribution in [1.82, 2.24) is 9.78 Å². The molecule has 0 bridgehead atoms. The Balaban J connectivity index is 1.83. The van der Waals surface area contributed by atoms with Crippen LogP contribution in [0.2, 0.25) is 0 Å². The molecule has 0 aromatic carbocycles. The van der Waals surface area contributed by atoms with Crippen molar-refractivity contribution in [3.05, 3.63) is 27.9 Å². The maximum absolute atomic E-state index is 12.1. The smallest absolute Gasteiger partial charge is 0.341 e. The summed E-state index contributed by atoms with van der Waals surface area (Å²) in [5, 5.41) is 10.8. The van der Waals surface area contributed by atoms with Crippen LogP contribution >= 0.6 is 23.6 Å². The Kier molecular flexibility index (Phi) is 4.73. The molecule has 2 aromatic heterocycles. The number of ether oxygens (including phenoxy) is 1. The molecule has 0 radical (unpaired) electrons. The van der Waals surface area contributed by atoms with Crippen molar-refractivity contribution in [1.29, 1.82) is 0 Å². The fourth-order valence-electron chi connectivity index (χ4n) is 2.83. The number of nitrogens with one attached hydrogen (secondary N) is 2. The third-order valence-corrected chi connectivity index (χ3v) is 5.26. The zero-order valence-corrected chi connectivity index (χ0v) is 15.3. The molecule has 8 nitrogen and oxygen atoms in total. The highest BCUT2D eigenvalue weighted by Crippen LogP contribution is 2.39. The van der Waals surface area contributed by atoms with E-state index in [2.05, 4.69) is 15.7 Å². The topological polar surface area (TPSA) is 111 Å². The molecule has 132 valence electrons. The molecule has 0 fully saturated rings. The van der Waals surface area contributed by atoms with E-state index < -0.39 is 5.91 Å². The molecule has 10 heteroatoms. The molecule has 1 aliphatic rings. The number of hydrogen-bond donors (Lipinski definition) is 3. The number of aryl methyl sites for hydroxylation is 2. The summed E-state index contributed by atoms with van der Waals surface area (Å²) in [7, 11) is 3.03. The van der Waals surface area contributed by atoms with Crippen LogP contribution in [0.5, 0.6) is 0 Å². The van der Waals surface area contributed by atoms with Gasteiger partial charge in [0, 0.05) is 18.1 Å². The Morgan fingerprint density at radius 2 is 2.16 bits per heavy atom. The number of esters is 1. The van der Waals surface area contributed by atoms with Crippen LogP contribution in [0.15, 0.2) is 6.20 Å². The fourth-order valence-corrected chi connectivity index (χ4v) is 4.39. The maximum atomic E-state index is 12.1. The first-order valence-corrected chi connectivity index (χ1v) is 8.77. The second kappa shape index (κ2) is 6.81. The van der Waals surface area contributed by atoms with Crippen molar-refractivity contribution >= 4 is 51.2 Å². The minimum Gasteiger partial charge on any atom is -0.465 e. The second-order valence-corrected chi connectivity index (χ2v) is 7.07. The minimum atomic E-state index is -0.656. The lowest BCUT2D eigenvalue weighted by Crippen LogP contribution is -2.22. The van der Waals surface area contributed by atoms with E-state index in [9.17, 15) is 9.59 Å². The zero-order chi connectivity index (χ0) is 18.1.